The van der Waals surface area contributed by atoms with Crippen molar-refractivity contribution in [3.05, 3.63) is 101 Å². The van der Waals surface area contributed by atoms with Crippen molar-refractivity contribution in [2.24, 2.45) is 0 Å². The second kappa shape index (κ2) is 12.5. The number of methoxy groups -OCH3 is 1. The molecule has 1 amide bonds. The van der Waals surface area contributed by atoms with Crippen molar-refractivity contribution in [2.75, 3.05) is 7.11 Å². The van der Waals surface area contributed by atoms with Gasteiger partial charge in [0, 0.05) is 18.5 Å². The van der Waals surface area contributed by atoms with Gasteiger partial charge in [-0.3, -0.25) is 4.79 Å². The smallest absolute Gasteiger partial charge is 0.328 e. The van der Waals surface area contributed by atoms with E-state index in [-0.39, 0.29) is 31.1 Å². The lowest BCUT2D eigenvalue weighted by Crippen LogP contribution is -2.51. The molecule has 0 bridgehead atoms. The number of fused-ring (bicyclic) bond motifs is 1. The Kier molecular flexibility index (Phi) is 8.59. The predicted octanol–water partition coefficient (Wildman–Crippen LogP) is 4.75. The minimum absolute atomic E-state index is 0.144. The van der Waals surface area contributed by atoms with Crippen LogP contribution >= 0.6 is 0 Å². The standard InChI is InChI=1S/C32H35NO6/c1-37-32(36)28-19-27-24(13-8-14-29(27)38-21-22-9-4-2-5-10-22)20-33(28)31(35)30(23-11-6-3-7-12-23)39-26-17-15-25(34)16-18-26/h2-14,25-26,28,30,34H,15-21H2,1H3/t25?,26?,28-,30?/m0/s1. The maximum absolute atomic E-state index is 14.2. The molecule has 3 aromatic rings. The normalized spacial score (nSPS) is 21.5. The molecule has 2 aliphatic rings. The molecule has 3 aromatic carbocycles. The molecule has 1 N–H and O–H groups in total. The number of aliphatic hydroxyl groups is 1. The van der Waals surface area contributed by atoms with Crippen molar-refractivity contribution >= 4 is 11.9 Å². The highest BCUT2D eigenvalue weighted by atomic mass is 16.5. The van der Waals surface area contributed by atoms with E-state index in [0.717, 1.165) is 22.3 Å². The number of esters is 1. The number of carbonyl (C=O) groups is 2. The summed E-state index contributed by atoms with van der Waals surface area (Å²) in [4.78, 5) is 28.8. The SMILES string of the molecule is COC(=O)[C@@H]1Cc2c(cccc2OCc2ccccc2)CN1C(=O)C(OC1CCC(O)CC1)c1ccccc1. The molecule has 5 rings (SSSR count). The zero-order valence-corrected chi connectivity index (χ0v) is 22.2. The molecular formula is C32H35NO6. The fraction of sp³-hybridized carbons (Fsp3) is 0.375. The summed E-state index contributed by atoms with van der Waals surface area (Å²) in [6.45, 7) is 0.648. The summed E-state index contributed by atoms with van der Waals surface area (Å²) < 4.78 is 17.8. The molecule has 204 valence electrons. The lowest BCUT2D eigenvalue weighted by Gasteiger charge is -2.38. The molecule has 7 nitrogen and oxygen atoms in total. The van der Waals surface area contributed by atoms with E-state index in [0.29, 0.717) is 38.0 Å². The average Bonchev–Trinajstić information content (AvgIpc) is 2.99. The van der Waals surface area contributed by atoms with Crippen LogP contribution in [0, 0.1) is 0 Å². The van der Waals surface area contributed by atoms with Crippen LogP contribution < -0.4 is 4.74 Å². The predicted molar refractivity (Wildman–Crippen MR) is 146 cm³/mol. The Morgan fingerprint density at radius 2 is 1.62 bits per heavy atom. The zero-order chi connectivity index (χ0) is 27.2. The second-order valence-corrected chi connectivity index (χ2v) is 10.2. The summed E-state index contributed by atoms with van der Waals surface area (Å²) in [7, 11) is 1.34. The number of aliphatic hydroxyl groups excluding tert-OH is 1. The number of rotatable bonds is 8. The van der Waals surface area contributed by atoms with Crippen LogP contribution in [0.2, 0.25) is 0 Å². The molecule has 2 atom stereocenters. The van der Waals surface area contributed by atoms with Gasteiger partial charge in [-0.1, -0.05) is 72.8 Å². The molecule has 0 spiro atoms. The van der Waals surface area contributed by atoms with Crippen LogP contribution in [0.25, 0.3) is 0 Å². The first kappa shape index (κ1) is 26.9. The summed E-state index contributed by atoms with van der Waals surface area (Å²) in [5.41, 5.74) is 3.63. The third kappa shape index (κ3) is 6.32. The minimum Gasteiger partial charge on any atom is -0.489 e. The number of ether oxygens (including phenoxy) is 3. The van der Waals surface area contributed by atoms with Crippen LogP contribution in [0.1, 0.15) is 54.0 Å². The Morgan fingerprint density at radius 3 is 2.31 bits per heavy atom. The van der Waals surface area contributed by atoms with E-state index in [1.807, 2.05) is 78.9 Å². The van der Waals surface area contributed by atoms with E-state index in [9.17, 15) is 14.7 Å². The summed E-state index contributed by atoms with van der Waals surface area (Å²) in [6.07, 6.45) is 1.62. The Hall–Kier alpha value is -3.68. The molecule has 39 heavy (non-hydrogen) atoms. The van der Waals surface area contributed by atoms with Gasteiger partial charge in [-0.15, -0.1) is 0 Å². The largest absolute Gasteiger partial charge is 0.489 e. The molecule has 7 heteroatoms. The van der Waals surface area contributed by atoms with Gasteiger partial charge >= 0.3 is 5.97 Å². The van der Waals surface area contributed by atoms with Gasteiger partial charge in [-0.25, -0.2) is 4.79 Å². The van der Waals surface area contributed by atoms with Crippen molar-refractivity contribution in [1.82, 2.24) is 4.90 Å². The van der Waals surface area contributed by atoms with Crippen LogP contribution in [0.4, 0.5) is 0 Å². The second-order valence-electron chi connectivity index (χ2n) is 10.2. The van der Waals surface area contributed by atoms with Crippen LogP contribution in [0.5, 0.6) is 5.75 Å². The summed E-state index contributed by atoms with van der Waals surface area (Å²) in [5.74, 6) is -0.0441. The maximum Gasteiger partial charge on any atom is 0.328 e. The minimum atomic E-state index is -0.863. The summed E-state index contributed by atoms with van der Waals surface area (Å²) in [5, 5.41) is 9.94. The molecule has 1 aliphatic carbocycles. The Labute approximate surface area is 229 Å². The zero-order valence-electron chi connectivity index (χ0n) is 22.2. The third-order valence-electron chi connectivity index (χ3n) is 7.64. The van der Waals surface area contributed by atoms with Crippen LogP contribution in [0.15, 0.2) is 78.9 Å². The first-order valence-corrected chi connectivity index (χ1v) is 13.6. The number of hydrogen-bond donors (Lipinski definition) is 1. The van der Waals surface area contributed by atoms with E-state index >= 15 is 0 Å². The molecule has 1 aliphatic heterocycles. The van der Waals surface area contributed by atoms with Crippen LogP contribution in [-0.4, -0.2) is 47.2 Å². The first-order valence-electron chi connectivity index (χ1n) is 13.6. The van der Waals surface area contributed by atoms with Gasteiger partial charge in [-0.05, 0) is 48.4 Å². The van der Waals surface area contributed by atoms with Gasteiger partial charge < -0.3 is 24.2 Å². The summed E-state index contributed by atoms with van der Waals surface area (Å²) >= 11 is 0. The quantitative estimate of drug-likeness (QED) is 0.424. The number of amides is 1. The molecular weight excluding hydrogens is 494 g/mol. The topological polar surface area (TPSA) is 85.3 Å². The molecule has 0 saturated heterocycles. The third-order valence-corrected chi connectivity index (χ3v) is 7.64. The van der Waals surface area contributed by atoms with E-state index in [1.165, 1.54) is 7.11 Å². The molecule has 1 fully saturated rings. The fourth-order valence-electron chi connectivity index (χ4n) is 5.47. The number of benzene rings is 3. The van der Waals surface area contributed by atoms with E-state index in [4.69, 9.17) is 14.2 Å². The number of carbonyl (C=O) groups excluding carboxylic acids is 2. The molecule has 1 unspecified atom stereocenters. The Balaban J connectivity index is 1.42. The lowest BCUT2D eigenvalue weighted by atomic mass is 9.91. The maximum atomic E-state index is 14.2. The molecule has 1 saturated carbocycles. The van der Waals surface area contributed by atoms with Crippen molar-refractivity contribution in [2.45, 2.75) is 69.6 Å². The lowest BCUT2D eigenvalue weighted by molar-refractivity contribution is -0.163. The van der Waals surface area contributed by atoms with Gasteiger partial charge in [0.15, 0.2) is 6.10 Å². The van der Waals surface area contributed by atoms with Crippen molar-refractivity contribution in [3.8, 4) is 5.75 Å². The van der Waals surface area contributed by atoms with Crippen LogP contribution in [-0.2, 0) is 38.6 Å². The van der Waals surface area contributed by atoms with Crippen molar-refractivity contribution in [3.63, 3.8) is 0 Å². The van der Waals surface area contributed by atoms with Gasteiger partial charge in [0.05, 0.1) is 19.3 Å². The monoisotopic (exact) mass is 529 g/mol. The van der Waals surface area contributed by atoms with Crippen LogP contribution in [0.3, 0.4) is 0 Å². The fourth-order valence-corrected chi connectivity index (χ4v) is 5.47. The van der Waals surface area contributed by atoms with Gasteiger partial charge in [0.25, 0.3) is 5.91 Å². The highest BCUT2D eigenvalue weighted by Crippen LogP contribution is 2.35. The number of nitrogens with zero attached hydrogens (tertiary/aromatic N) is 1. The van der Waals surface area contributed by atoms with E-state index in [1.54, 1.807) is 4.90 Å². The molecule has 0 radical (unpaired) electrons. The average molecular weight is 530 g/mol. The highest BCUT2D eigenvalue weighted by Gasteiger charge is 2.41. The molecule has 1 heterocycles. The number of hydrogen-bond acceptors (Lipinski definition) is 6. The van der Waals surface area contributed by atoms with Gasteiger partial charge in [-0.2, -0.15) is 0 Å². The Morgan fingerprint density at radius 1 is 0.923 bits per heavy atom. The molecule has 0 aromatic heterocycles. The van der Waals surface area contributed by atoms with Gasteiger partial charge in [0.2, 0.25) is 0 Å². The Bertz CT molecular complexity index is 1260. The summed E-state index contributed by atoms with van der Waals surface area (Å²) in [6, 6.07) is 24.3. The van der Waals surface area contributed by atoms with Crippen molar-refractivity contribution in [1.29, 1.82) is 0 Å². The van der Waals surface area contributed by atoms with E-state index < -0.39 is 18.1 Å². The highest BCUT2D eigenvalue weighted by molar-refractivity contribution is 5.88. The van der Waals surface area contributed by atoms with Gasteiger partial charge in [0.1, 0.15) is 18.4 Å². The van der Waals surface area contributed by atoms with E-state index in [2.05, 4.69) is 0 Å². The van der Waals surface area contributed by atoms with Crippen molar-refractivity contribution < 1.29 is 28.9 Å². The first-order chi connectivity index (χ1) is 19.0.